The number of aromatic amines is 1. The Morgan fingerprint density at radius 2 is 1.87 bits per heavy atom. The van der Waals surface area contributed by atoms with Crippen LogP contribution in [0.15, 0.2) is 42.7 Å². The largest absolute Gasteiger partial charge is 0.573 e. The summed E-state index contributed by atoms with van der Waals surface area (Å²) in [5.41, 5.74) is 7.61. The second-order valence-electron chi connectivity index (χ2n) is 8.74. The van der Waals surface area contributed by atoms with Gasteiger partial charge in [-0.15, -0.1) is 13.2 Å². The van der Waals surface area contributed by atoms with Crippen molar-refractivity contribution in [1.82, 2.24) is 20.3 Å². The molecule has 0 spiro atoms. The second-order valence-corrected chi connectivity index (χ2v) is 9.55. The fourth-order valence-corrected chi connectivity index (χ4v) is 4.99. The third-order valence-electron chi connectivity index (χ3n) is 6.22. The van der Waals surface area contributed by atoms with Gasteiger partial charge in [0, 0.05) is 54.4 Å². The summed E-state index contributed by atoms with van der Waals surface area (Å²) in [6.45, 7) is 2.64. The first-order valence-electron chi connectivity index (χ1n) is 11.8. The zero-order chi connectivity index (χ0) is 27.7. The predicted octanol–water partition coefficient (Wildman–Crippen LogP) is 5.01. The zero-order valence-corrected chi connectivity index (χ0v) is 21.7. The van der Waals surface area contributed by atoms with E-state index in [1.165, 1.54) is 18.5 Å². The van der Waals surface area contributed by atoms with Crippen molar-refractivity contribution in [2.24, 2.45) is 5.73 Å². The highest BCUT2D eigenvalue weighted by molar-refractivity contribution is 6.36. The number of carbonyl (C=O) groups is 1. The Hall–Kier alpha value is -3.74. The van der Waals surface area contributed by atoms with Crippen LogP contribution in [0.1, 0.15) is 21.6 Å². The number of imidazole rings is 1. The summed E-state index contributed by atoms with van der Waals surface area (Å²) in [6.07, 6.45) is -3.47. The maximum absolute atomic E-state index is 13.4. The number of ether oxygens (including phenoxy) is 1. The molecule has 5 rings (SSSR count). The van der Waals surface area contributed by atoms with Crippen LogP contribution in [-0.4, -0.2) is 53.4 Å². The third kappa shape index (κ3) is 5.82. The summed E-state index contributed by atoms with van der Waals surface area (Å²) in [4.78, 5) is 26.1. The number of rotatable bonds is 7. The van der Waals surface area contributed by atoms with Gasteiger partial charge in [-0.1, -0.05) is 29.3 Å². The lowest BCUT2D eigenvalue weighted by atomic mass is 10.1. The first-order valence-corrected chi connectivity index (χ1v) is 12.6. The molecule has 14 heteroatoms. The number of alkyl halides is 3. The second kappa shape index (κ2) is 10.8. The van der Waals surface area contributed by atoms with Crippen LogP contribution in [0.3, 0.4) is 0 Å². The Kier molecular flexibility index (Phi) is 7.43. The Labute approximate surface area is 230 Å². The lowest BCUT2D eigenvalue weighted by Crippen LogP contribution is -2.43. The maximum atomic E-state index is 13.4. The number of fused-ring (bicyclic) bond motifs is 1. The zero-order valence-electron chi connectivity index (χ0n) is 20.2. The lowest BCUT2D eigenvalue weighted by molar-refractivity contribution is -0.274. The van der Waals surface area contributed by atoms with Gasteiger partial charge in [0.15, 0.2) is 5.75 Å². The van der Waals surface area contributed by atoms with Gasteiger partial charge in [0.2, 0.25) is 0 Å². The molecule has 39 heavy (non-hydrogen) atoms. The van der Waals surface area contributed by atoms with Gasteiger partial charge >= 0.3 is 6.36 Å². The number of nitrogens with zero attached hydrogens (tertiary/aromatic N) is 3. The Balaban J connectivity index is 1.60. The molecule has 3 heterocycles. The van der Waals surface area contributed by atoms with E-state index in [0.717, 1.165) is 0 Å². The Morgan fingerprint density at radius 1 is 1.15 bits per heavy atom. The van der Waals surface area contributed by atoms with Crippen LogP contribution >= 0.6 is 23.2 Å². The molecule has 0 aliphatic carbocycles. The molecule has 2 aromatic carbocycles. The molecule has 4 aromatic rings. The predicted molar refractivity (Wildman–Crippen MR) is 143 cm³/mol. The highest BCUT2D eigenvalue weighted by Crippen LogP contribution is 2.38. The van der Waals surface area contributed by atoms with Crippen LogP contribution in [0, 0.1) is 0 Å². The monoisotopic (exact) mass is 579 g/mol. The number of nitrogens with one attached hydrogen (secondary N) is 3. The molecule has 0 atom stereocenters. The van der Waals surface area contributed by atoms with Gasteiger partial charge in [-0.05, 0) is 29.8 Å². The standard InChI is InChI=1S/C25H22Cl2F3N7O2/c26-15-2-1-3-16(27)14(15)11-18-21-22(34-12-33-21)20(23(31)38)24(36-18)35-17-5-4-13(37-8-6-32-7-9-37)10-19(17)39-25(28,29)30/h1-5,10,12,32H,6-9,11H2,(H2,31,38)(H,33,34)(H,35,36). The molecule has 5 N–H and O–H groups in total. The average molecular weight is 580 g/mol. The summed E-state index contributed by atoms with van der Waals surface area (Å²) >= 11 is 12.7. The van der Waals surface area contributed by atoms with Crippen LogP contribution in [-0.2, 0) is 6.42 Å². The van der Waals surface area contributed by atoms with Crippen molar-refractivity contribution in [3.05, 3.63) is 69.6 Å². The first kappa shape index (κ1) is 26.9. The fraction of sp³-hybridized carbons (Fsp3) is 0.240. The van der Waals surface area contributed by atoms with Gasteiger partial charge in [0.25, 0.3) is 5.91 Å². The number of hydrogen-bond acceptors (Lipinski definition) is 7. The van der Waals surface area contributed by atoms with Crippen molar-refractivity contribution in [3.63, 3.8) is 0 Å². The smallest absolute Gasteiger partial charge is 0.403 e. The van der Waals surface area contributed by atoms with Crippen LogP contribution in [0.5, 0.6) is 5.75 Å². The highest BCUT2D eigenvalue weighted by atomic mass is 35.5. The topological polar surface area (TPSA) is 121 Å². The quantitative estimate of drug-likeness (QED) is 0.243. The summed E-state index contributed by atoms with van der Waals surface area (Å²) in [5, 5.41) is 6.82. The van der Waals surface area contributed by atoms with E-state index in [0.29, 0.717) is 58.7 Å². The minimum Gasteiger partial charge on any atom is -0.403 e. The van der Waals surface area contributed by atoms with E-state index < -0.39 is 18.0 Å². The third-order valence-corrected chi connectivity index (χ3v) is 6.93. The molecular weight excluding hydrogens is 558 g/mol. The normalized spacial score (nSPS) is 14.0. The number of H-pyrrole nitrogens is 1. The van der Waals surface area contributed by atoms with E-state index in [1.54, 1.807) is 24.3 Å². The number of carbonyl (C=O) groups excluding carboxylic acids is 1. The SMILES string of the molecule is NC(=O)c1c(Nc2ccc(N3CCNCC3)cc2OC(F)(F)F)nc(Cc2c(Cl)cccc2Cl)c2nc[nH]c12. The number of halogens is 5. The highest BCUT2D eigenvalue weighted by Gasteiger charge is 2.33. The molecule has 0 radical (unpaired) electrons. The number of pyridine rings is 1. The van der Waals surface area contributed by atoms with Crippen molar-refractivity contribution in [1.29, 1.82) is 0 Å². The van der Waals surface area contributed by atoms with E-state index in [2.05, 4.69) is 30.3 Å². The van der Waals surface area contributed by atoms with Crippen LogP contribution in [0.2, 0.25) is 10.0 Å². The molecule has 2 aromatic heterocycles. The van der Waals surface area contributed by atoms with Gasteiger partial charge in [-0.2, -0.15) is 0 Å². The van der Waals surface area contributed by atoms with Gasteiger partial charge in [-0.3, -0.25) is 4.79 Å². The number of anilines is 3. The van der Waals surface area contributed by atoms with Gasteiger partial charge in [-0.25, -0.2) is 9.97 Å². The number of benzene rings is 2. The number of primary amides is 1. The molecule has 1 saturated heterocycles. The summed E-state index contributed by atoms with van der Waals surface area (Å²) < 4.78 is 44.5. The molecule has 1 aliphatic heterocycles. The molecule has 9 nitrogen and oxygen atoms in total. The number of piperazine rings is 1. The molecule has 0 bridgehead atoms. The molecule has 1 amide bonds. The fourth-order valence-electron chi connectivity index (χ4n) is 4.46. The van der Waals surface area contributed by atoms with E-state index in [-0.39, 0.29) is 29.0 Å². The number of nitrogens with two attached hydrogens (primary N) is 1. The minimum atomic E-state index is -4.96. The van der Waals surface area contributed by atoms with E-state index in [4.69, 9.17) is 28.9 Å². The number of aromatic nitrogens is 3. The van der Waals surface area contributed by atoms with Crippen LogP contribution < -0.4 is 26.0 Å². The molecule has 0 unspecified atom stereocenters. The molecule has 0 saturated carbocycles. The van der Waals surface area contributed by atoms with Gasteiger partial charge < -0.3 is 31.0 Å². The summed E-state index contributed by atoms with van der Waals surface area (Å²) in [5.74, 6) is -1.44. The van der Waals surface area contributed by atoms with Crippen molar-refractivity contribution >= 4 is 57.3 Å². The van der Waals surface area contributed by atoms with Crippen molar-refractivity contribution in [2.45, 2.75) is 12.8 Å². The maximum Gasteiger partial charge on any atom is 0.573 e. The van der Waals surface area contributed by atoms with E-state index in [1.807, 2.05) is 4.90 Å². The lowest BCUT2D eigenvalue weighted by Gasteiger charge is -2.30. The van der Waals surface area contributed by atoms with Crippen molar-refractivity contribution in [2.75, 3.05) is 36.4 Å². The van der Waals surface area contributed by atoms with Crippen LogP contribution in [0.25, 0.3) is 11.0 Å². The van der Waals surface area contributed by atoms with Crippen molar-refractivity contribution < 1.29 is 22.7 Å². The van der Waals surface area contributed by atoms with E-state index >= 15 is 0 Å². The van der Waals surface area contributed by atoms with Crippen LogP contribution in [0.4, 0.5) is 30.4 Å². The average Bonchev–Trinajstić information content (AvgIpc) is 3.36. The molecule has 204 valence electrons. The molecule has 1 fully saturated rings. The van der Waals surface area contributed by atoms with Gasteiger partial charge in [0.1, 0.15) is 16.9 Å². The Morgan fingerprint density at radius 3 is 2.54 bits per heavy atom. The first-order chi connectivity index (χ1) is 18.6. The summed E-state index contributed by atoms with van der Waals surface area (Å²) in [6, 6.07) is 9.43. The number of amides is 1. The molecule has 1 aliphatic rings. The minimum absolute atomic E-state index is 0.0678. The molecular formula is C25H22Cl2F3N7O2. The Bertz CT molecular complexity index is 1520. The van der Waals surface area contributed by atoms with E-state index in [9.17, 15) is 18.0 Å². The summed E-state index contributed by atoms with van der Waals surface area (Å²) in [7, 11) is 0. The van der Waals surface area contributed by atoms with Gasteiger partial charge in [0.05, 0.1) is 23.2 Å². The van der Waals surface area contributed by atoms with Crippen molar-refractivity contribution in [3.8, 4) is 5.75 Å². The number of hydrogen-bond donors (Lipinski definition) is 4.